The molecule has 3 aromatic carbocycles. The number of rotatable bonds is 11. The van der Waals surface area contributed by atoms with Gasteiger partial charge in [0.2, 0.25) is 17.7 Å². The van der Waals surface area contributed by atoms with E-state index in [9.17, 15) is 19.2 Å². The lowest BCUT2D eigenvalue weighted by molar-refractivity contribution is -0.147. The minimum Gasteiger partial charge on any atom is -0.361 e. The third kappa shape index (κ3) is 6.83. The van der Waals surface area contributed by atoms with Crippen molar-refractivity contribution in [2.45, 2.75) is 51.7 Å². The lowest BCUT2D eigenvalue weighted by Gasteiger charge is -2.33. The first kappa shape index (κ1) is 30.5. The summed E-state index contributed by atoms with van der Waals surface area (Å²) < 4.78 is 0. The normalized spacial score (nSPS) is 15.6. The Morgan fingerprint density at radius 1 is 0.955 bits per heavy atom. The Morgan fingerprint density at radius 2 is 1.68 bits per heavy atom. The molecule has 2 heterocycles. The number of hydrogen-bond donors (Lipinski definition) is 3. The molecule has 1 aromatic heterocycles. The molecule has 1 aliphatic heterocycles. The molecule has 0 saturated carbocycles. The third-order valence-corrected chi connectivity index (χ3v) is 8.23. The number of piperazine rings is 1. The quantitative estimate of drug-likeness (QED) is 0.246. The number of fused-ring (bicyclic) bond motifs is 1. The van der Waals surface area contributed by atoms with Gasteiger partial charge in [0.05, 0.1) is 0 Å². The Kier molecular flexibility index (Phi) is 9.43. The predicted octanol–water partition coefficient (Wildman–Crippen LogP) is 3.68. The summed E-state index contributed by atoms with van der Waals surface area (Å²) in [5.74, 6) is -1.47. The van der Waals surface area contributed by atoms with Crippen LogP contribution in [0, 0.1) is 0 Å². The van der Waals surface area contributed by atoms with E-state index < -0.39 is 18.0 Å². The minimum absolute atomic E-state index is 0.232. The smallest absolute Gasteiger partial charge is 0.250 e. The number of aromatic amines is 1. The number of hydrogen-bond acceptors (Lipinski definition) is 4. The number of nitrogens with zero attached hydrogens (tertiary/aromatic N) is 2. The van der Waals surface area contributed by atoms with Crippen LogP contribution in [0.5, 0.6) is 0 Å². The van der Waals surface area contributed by atoms with Crippen LogP contribution in [0.4, 0.5) is 0 Å². The second-order valence-electron chi connectivity index (χ2n) is 11.3. The number of aromatic nitrogens is 1. The predicted molar refractivity (Wildman–Crippen MR) is 170 cm³/mol. The maximum absolute atomic E-state index is 13.9. The highest BCUT2D eigenvalue weighted by molar-refractivity contribution is 5.98. The Balaban J connectivity index is 1.34. The monoisotopic (exact) mass is 593 g/mol. The molecule has 4 aromatic rings. The van der Waals surface area contributed by atoms with Gasteiger partial charge in [0.1, 0.15) is 25.2 Å². The van der Waals surface area contributed by atoms with Crippen LogP contribution in [0.15, 0.2) is 79.0 Å². The summed E-state index contributed by atoms with van der Waals surface area (Å²) >= 11 is 0. The second kappa shape index (κ2) is 13.6. The molecular weight excluding hydrogens is 554 g/mol. The number of carbonyl (C=O) groups excluding carboxylic acids is 4. The topological polar surface area (TPSA) is 115 Å². The summed E-state index contributed by atoms with van der Waals surface area (Å²) in [6.07, 6.45) is 3.97. The lowest BCUT2D eigenvalue weighted by Crippen LogP contribution is -2.57. The van der Waals surface area contributed by atoms with Crippen LogP contribution in [0.3, 0.4) is 0 Å². The van der Waals surface area contributed by atoms with Crippen LogP contribution in [0.2, 0.25) is 0 Å². The van der Waals surface area contributed by atoms with Gasteiger partial charge < -0.3 is 25.4 Å². The van der Waals surface area contributed by atoms with Crippen molar-refractivity contribution in [3.05, 3.63) is 107 Å². The molecule has 2 unspecified atom stereocenters. The van der Waals surface area contributed by atoms with Gasteiger partial charge in [-0.1, -0.05) is 80.6 Å². The van der Waals surface area contributed by atoms with E-state index in [1.54, 1.807) is 36.2 Å². The number of likely N-dealkylation sites (N-methyl/N-ethyl adjacent to an activating group) is 1. The molecule has 1 aliphatic rings. The third-order valence-electron chi connectivity index (χ3n) is 8.23. The molecule has 2 atom stereocenters. The highest BCUT2D eigenvalue weighted by Crippen LogP contribution is 2.22. The number of H-pyrrole nitrogens is 1. The summed E-state index contributed by atoms with van der Waals surface area (Å²) in [6, 6.07) is 21.3. The Hall–Kier alpha value is -4.92. The van der Waals surface area contributed by atoms with Crippen molar-refractivity contribution in [1.82, 2.24) is 25.4 Å². The fraction of sp³-hybridized carbons (Fsp3) is 0.314. The fourth-order valence-electron chi connectivity index (χ4n) is 5.91. The van der Waals surface area contributed by atoms with E-state index in [1.807, 2.05) is 42.6 Å². The molecule has 5 rings (SSSR count). The number of nitrogens with one attached hydrogen (secondary N) is 3. The standard InChI is InChI=1S/C35H39N5O4/c1-4-24-16-15-23(17-25(24)5-2)20-39(3)34(43)30(18-27-19-36-29-14-10-9-13-28(27)29)37-31(41)21-40-22-32(42)38-33(35(40)44)26-11-7-6-8-12-26/h6-17,19,30,33,36H,4-5,18,20-22H2,1-3H3,(H,37,41)(H,38,42). The van der Waals surface area contributed by atoms with Gasteiger partial charge in [0.25, 0.3) is 5.91 Å². The van der Waals surface area contributed by atoms with Gasteiger partial charge in [0, 0.05) is 37.1 Å². The molecule has 1 saturated heterocycles. The molecule has 0 spiro atoms. The van der Waals surface area contributed by atoms with E-state index in [0.29, 0.717) is 12.1 Å². The van der Waals surface area contributed by atoms with E-state index >= 15 is 0 Å². The Labute approximate surface area is 257 Å². The summed E-state index contributed by atoms with van der Waals surface area (Å²) in [5, 5.41) is 6.58. The zero-order valence-electron chi connectivity index (χ0n) is 25.4. The minimum atomic E-state index is -0.883. The summed E-state index contributed by atoms with van der Waals surface area (Å²) in [7, 11) is 1.74. The van der Waals surface area contributed by atoms with Crippen molar-refractivity contribution in [2.75, 3.05) is 20.1 Å². The van der Waals surface area contributed by atoms with Gasteiger partial charge in [0.15, 0.2) is 0 Å². The molecule has 0 aliphatic carbocycles. The van der Waals surface area contributed by atoms with E-state index in [2.05, 4.69) is 41.6 Å². The molecule has 4 amide bonds. The molecule has 0 radical (unpaired) electrons. The van der Waals surface area contributed by atoms with Crippen molar-refractivity contribution >= 4 is 34.5 Å². The maximum atomic E-state index is 13.9. The molecular formula is C35H39N5O4. The summed E-state index contributed by atoms with van der Waals surface area (Å²) in [6.45, 7) is 4.07. The summed E-state index contributed by atoms with van der Waals surface area (Å²) in [4.78, 5) is 59.3. The van der Waals surface area contributed by atoms with Gasteiger partial charge in [-0.05, 0) is 46.7 Å². The van der Waals surface area contributed by atoms with E-state index in [1.165, 1.54) is 16.0 Å². The highest BCUT2D eigenvalue weighted by Gasteiger charge is 2.35. The van der Waals surface area contributed by atoms with Crippen molar-refractivity contribution in [2.24, 2.45) is 0 Å². The molecule has 9 nitrogen and oxygen atoms in total. The van der Waals surface area contributed by atoms with Gasteiger partial charge in [-0.3, -0.25) is 19.2 Å². The van der Waals surface area contributed by atoms with E-state index in [4.69, 9.17) is 0 Å². The number of benzene rings is 3. The Morgan fingerprint density at radius 3 is 2.43 bits per heavy atom. The maximum Gasteiger partial charge on any atom is 0.250 e. The SMILES string of the molecule is CCc1ccc(CN(C)C(=O)C(Cc2c[nH]c3ccccc23)NC(=O)CN2CC(=O)NC(c3ccccc3)C2=O)cc1CC. The fourth-order valence-corrected chi connectivity index (χ4v) is 5.91. The van der Waals surface area contributed by atoms with Gasteiger partial charge in [-0.25, -0.2) is 0 Å². The summed E-state index contributed by atoms with van der Waals surface area (Å²) in [5.41, 5.74) is 6.05. The first-order chi connectivity index (χ1) is 21.3. The number of carbonyl (C=O) groups is 4. The molecule has 9 heteroatoms. The van der Waals surface area contributed by atoms with Gasteiger partial charge >= 0.3 is 0 Å². The van der Waals surface area contributed by atoms with Gasteiger partial charge in [-0.2, -0.15) is 0 Å². The molecule has 44 heavy (non-hydrogen) atoms. The van der Waals surface area contributed by atoms with E-state index in [0.717, 1.165) is 34.9 Å². The van der Waals surface area contributed by atoms with Crippen LogP contribution >= 0.6 is 0 Å². The number of aryl methyl sites for hydroxylation is 2. The largest absolute Gasteiger partial charge is 0.361 e. The van der Waals surface area contributed by atoms with Crippen molar-refractivity contribution < 1.29 is 19.2 Å². The average molecular weight is 594 g/mol. The zero-order valence-corrected chi connectivity index (χ0v) is 25.4. The lowest BCUT2D eigenvalue weighted by atomic mass is 9.99. The van der Waals surface area contributed by atoms with Crippen LogP contribution in [0.1, 0.15) is 47.7 Å². The molecule has 3 N–H and O–H groups in total. The number of amides is 4. The van der Waals surface area contributed by atoms with Crippen molar-refractivity contribution in [1.29, 1.82) is 0 Å². The van der Waals surface area contributed by atoms with Crippen LogP contribution in [-0.4, -0.2) is 64.6 Å². The Bertz CT molecular complexity index is 1660. The first-order valence-corrected chi connectivity index (χ1v) is 15.1. The first-order valence-electron chi connectivity index (χ1n) is 15.1. The number of para-hydroxylation sites is 1. The zero-order chi connectivity index (χ0) is 31.2. The molecule has 228 valence electrons. The van der Waals surface area contributed by atoms with Crippen molar-refractivity contribution in [3.63, 3.8) is 0 Å². The molecule has 0 bridgehead atoms. The van der Waals surface area contributed by atoms with Gasteiger partial charge in [-0.15, -0.1) is 0 Å². The highest BCUT2D eigenvalue weighted by atomic mass is 16.2. The second-order valence-corrected chi connectivity index (χ2v) is 11.3. The van der Waals surface area contributed by atoms with Crippen LogP contribution in [0.25, 0.3) is 10.9 Å². The molecule has 1 fully saturated rings. The van der Waals surface area contributed by atoms with Crippen LogP contribution < -0.4 is 10.6 Å². The van der Waals surface area contributed by atoms with E-state index in [-0.39, 0.29) is 37.2 Å². The average Bonchev–Trinajstić information content (AvgIpc) is 3.44. The van der Waals surface area contributed by atoms with Crippen LogP contribution in [-0.2, 0) is 45.0 Å². The van der Waals surface area contributed by atoms with Crippen molar-refractivity contribution in [3.8, 4) is 0 Å².